The van der Waals surface area contributed by atoms with Crippen LogP contribution in [0.2, 0.25) is 0 Å². The fraction of sp³-hybridized carbons (Fsp3) is 0.600. The smallest absolute Gasteiger partial charge is 0.267 e. The van der Waals surface area contributed by atoms with Crippen LogP contribution in [0.5, 0.6) is 0 Å². The van der Waals surface area contributed by atoms with Gasteiger partial charge in [0.2, 0.25) is 0 Å². The fourth-order valence-electron chi connectivity index (χ4n) is 1.30. The number of hydrogen-bond donors (Lipinski definition) is 1. The Kier molecular flexibility index (Phi) is 4.45. The summed E-state index contributed by atoms with van der Waals surface area (Å²) >= 11 is 0. The lowest BCUT2D eigenvalue weighted by Gasteiger charge is -2.15. The molecule has 0 radical (unpaired) electrons. The molecule has 1 heterocycles. The van der Waals surface area contributed by atoms with Gasteiger partial charge in [-0.2, -0.15) is 5.10 Å². The van der Waals surface area contributed by atoms with Gasteiger partial charge in [0.05, 0.1) is 19.3 Å². The molecule has 0 bridgehead atoms. The van der Waals surface area contributed by atoms with Crippen LogP contribution in [0.3, 0.4) is 0 Å². The van der Waals surface area contributed by atoms with E-state index in [9.17, 15) is 4.79 Å². The number of methoxy groups -OCH3 is 1. The Morgan fingerprint density at radius 3 is 2.93 bits per heavy atom. The van der Waals surface area contributed by atoms with Crippen molar-refractivity contribution >= 4 is 0 Å². The van der Waals surface area contributed by atoms with E-state index < -0.39 is 0 Å². The summed E-state index contributed by atoms with van der Waals surface area (Å²) in [7, 11) is 3.47. The first-order chi connectivity index (χ1) is 7.17. The largest absolute Gasteiger partial charge is 0.383 e. The van der Waals surface area contributed by atoms with E-state index in [4.69, 9.17) is 4.74 Å². The topological polar surface area (TPSA) is 56.1 Å². The number of rotatable bonds is 5. The summed E-state index contributed by atoms with van der Waals surface area (Å²) in [5, 5.41) is 7.12. The Labute approximate surface area is 89.1 Å². The average Bonchev–Trinajstić information content (AvgIpc) is 2.21. The van der Waals surface area contributed by atoms with Crippen molar-refractivity contribution in [3.63, 3.8) is 0 Å². The van der Waals surface area contributed by atoms with E-state index in [1.165, 1.54) is 4.68 Å². The molecule has 15 heavy (non-hydrogen) atoms. The molecule has 1 rings (SSSR count). The Morgan fingerprint density at radius 2 is 2.40 bits per heavy atom. The molecule has 1 unspecified atom stereocenters. The van der Waals surface area contributed by atoms with Crippen LogP contribution < -0.4 is 10.9 Å². The second kappa shape index (κ2) is 5.63. The van der Waals surface area contributed by atoms with E-state index in [0.29, 0.717) is 13.2 Å². The molecule has 1 atom stereocenters. The maximum atomic E-state index is 11.5. The summed E-state index contributed by atoms with van der Waals surface area (Å²) in [6.45, 7) is 2.92. The van der Waals surface area contributed by atoms with Gasteiger partial charge in [0.15, 0.2) is 0 Å². The lowest BCUT2D eigenvalue weighted by molar-refractivity contribution is 0.159. The molecule has 5 nitrogen and oxygen atoms in total. The van der Waals surface area contributed by atoms with Crippen molar-refractivity contribution in [3.8, 4) is 0 Å². The van der Waals surface area contributed by atoms with Crippen LogP contribution in [0.4, 0.5) is 0 Å². The van der Waals surface area contributed by atoms with Crippen molar-refractivity contribution in [1.82, 2.24) is 15.1 Å². The van der Waals surface area contributed by atoms with Crippen LogP contribution in [0, 0.1) is 6.92 Å². The molecule has 0 amide bonds. The zero-order chi connectivity index (χ0) is 11.3. The first kappa shape index (κ1) is 11.9. The molecule has 0 saturated carbocycles. The van der Waals surface area contributed by atoms with Crippen LogP contribution in [-0.2, 0) is 11.3 Å². The normalized spacial score (nSPS) is 12.7. The van der Waals surface area contributed by atoms with Crippen molar-refractivity contribution in [2.75, 3.05) is 20.8 Å². The summed E-state index contributed by atoms with van der Waals surface area (Å²) in [6.07, 6.45) is 1.68. The molecule has 5 heteroatoms. The van der Waals surface area contributed by atoms with E-state index in [0.717, 1.165) is 5.56 Å². The third-order valence-electron chi connectivity index (χ3n) is 2.18. The summed E-state index contributed by atoms with van der Waals surface area (Å²) in [4.78, 5) is 11.5. The van der Waals surface area contributed by atoms with E-state index in [1.807, 2.05) is 14.0 Å². The summed E-state index contributed by atoms with van der Waals surface area (Å²) in [5.74, 6) is 0. The summed E-state index contributed by atoms with van der Waals surface area (Å²) in [6, 6.07) is 1.68. The van der Waals surface area contributed by atoms with Crippen LogP contribution in [0.15, 0.2) is 17.1 Å². The van der Waals surface area contributed by atoms with E-state index in [2.05, 4.69) is 10.4 Å². The predicted molar refractivity (Wildman–Crippen MR) is 58.0 cm³/mol. The predicted octanol–water partition coefficient (Wildman–Crippen LogP) is -0.214. The standard InChI is InChI=1S/C10H17N3O2/c1-8-4-10(14)13(12-5-8)6-9(11-2)7-15-3/h4-5,9,11H,6-7H2,1-3H3. The second-order valence-electron chi connectivity index (χ2n) is 3.49. The van der Waals surface area contributed by atoms with Gasteiger partial charge in [0.25, 0.3) is 5.56 Å². The number of aryl methyl sites for hydroxylation is 1. The molecule has 1 aromatic heterocycles. The van der Waals surface area contributed by atoms with Gasteiger partial charge in [-0.3, -0.25) is 4.79 Å². The lowest BCUT2D eigenvalue weighted by atomic mass is 10.3. The lowest BCUT2D eigenvalue weighted by Crippen LogP contribution is -2.38. The minimum Gasteiger partial charge on any atom is -0.383 e. The Morgan fingerprint density at radius 1 is 1.67 bits per heavy atom. The highest BCUT2D eigenvalue weighted by Gasteiger charge is 2.08. The molecule has 0 aromatic carbocycles. The molecule has 1 aromatic rings. The highest BCUT2D eigenvalue weighted by atomic mass is 16.5. The quantitative estimate of drug-likeness (QED) is 0.732. The van der Waals surface area contributed by atoms with Crippen LogP contribution >= 0.6 is 0 Å². The minimum absolute atomic E-state index is 0.0775. The number of likely N-dealkylation sites (N-methyl/N-ethyl adjacent to an activating group) is 1. The molecular formula is C10H17N3O2. The third kappa shape index (κ3) is 3.45. The zero-order valence-electron chi connectivity index (χ0n) is 9.36. The molecule has 0 aliphatic heterocycles. The van der Waals surface area contributed by atoms with E-state index in [1.54, 1.807) is 19.4 Å². The van der Waals surface area contributed by atoms with Crippen LogP contribution in [-0.4, -0.2) is 36.6 Å². The first-order valence-corrected chi connectivity index (χ1v) is 4.87. The zero-order valence-corrected chi connectivity index (χ0v) is 9.36. The SMILES string of the molecule is CNC(COC)Cn1ncc(C)cc1=O. The third-order valence-corrected chi connectivity index (χ3v) is 2.18. The van der Waals surface area contributed by atoms with Gasteiger partial charge in [-0.1, -0.05) is 0 Å². The maximum absolute atomic E-state index is 11.5. The van der Waals surface area contributed by atoms with Crippen molar-refractivity contribution in [2.24, 2.45) is 0 Å². The Balaban J connectivity index is 2.75. The molecule has 0 aliphatic carbocycles. The molecule has 0 spiro atoms. The summed E-state index contributed by atoms with van der Waals surface area (Å²) < 4.78 is 6.46. The van der Waals surface area contributed by atoms with Gasteiger partial charge in [0, 0.05) is 19.2 Å². The number of hydrogen-bond acceptors (Lipinski definition) is 4. The van der Waals surface area contributed by atoms with Gasteiger partial charge in [-0.15, -0.1) is 0 Å². The minimum atomic E-state index is -0.0775. The second-order valence-corrected chi connectivity index (χ2v) is 3.49. The van der Waals surface area contributed by atoms with Crippen molar-refractivity contribution in [1.29, 1.82) is 0 Å². The van der Waals surface area contributed by atoms with Crippen molar-refractivity contribution in [2.45, 2.75) is 19.5 Å². The number of aromatic nitrogens is 2. The molecule has 0 aliphatic rings. The molecular weight excluding hydrogens is 194 g/mol. The number of ether oxygens (including phenoxy) is 1. The van der Waals surface area contributed by atoms with Crippen LogP contribution in [0.25, 0.3) is 0 Å². The first-order valence-electron chi connectivity index (χ1n) is 4.87. The van der Waals surface area contributed by atoms with Crippen molar-refractivity contribution < 1.29 is 4.74 Å². The Hall–Kier alpha value is -1.20. The van der Waals surface area contributed by atoms with Gasteiger partial charge < -0.3 is 10.1 Å². The average molecular weight is 211 g/mol. The monoisotopic (exact) mass is 211 g/mol. The number of nitrogens with zero attached hydrogens (tertiary/aromatic N) is 2. The van der Waals surface area contributed by atoms with Gasteiger partial charge >= 0.3 is 0 Å². The van der Waals surface area contributed by atoms with Gasteiger partial charge in [-0.25, -0.2) is 4.68 Å². The highest BCUT2D eigenvalue weighted by Crippen LogP contribution is 1.90. The fourth-order valence-corrected chi connectivity index (χ4v) is 1.30. The molecule has 0 saturated heterocycles. The number of nitrogens with one attached hydrogen (secondary N) is 1. The van der Waals surface area contributed by atoms with Crippen LogP contribution in [0.1, 0.15) is 5.56 Å². The highest BCUT2D eigenvalue weighted by molar-refractivity contribution is 5.02. The summed E-state index contributed by atoms with van der Waals surface area (Å²) in [5.41, 5.74) is 0.801. The maximum Gasteiger partial charge on any atom is 0.267 e. The van der Waals surface area contributed by atoms with Gasteiger partial charge in [-0.05, 0) is 19.5 Å². The van der Waals surface area contributed by atoms with E-state index >= 15 is 0 Å². The molecule has 0 fully saturated rings. The van der Waals surface area contributed by atoms with Gasteiger partial charge in [0.1, 0.15) is 0 Å². The van der Waals surface area contributed by atoms with E-state index in [-0.39, 0.29) is 11.6 Å². The molecule has 84 valence electrons. The van der Waals surface area contributed by atoms with Crippen molar-refractivity contribution in [3.05, 3.63) is 28.2 Å². The molecule has 1 N–H and O–H groups in total. The Bertz CT molecular complexity index is 362.